The van der Waals surface area contributed by atoms with Crippen molar-refractivity contribution in [3.63, 3.8) is 0 Å². The molecule has 2 nitrogen and oxygen atoms in total. The lowest BCUT2D eigenvalue weighted by Gasteiger charge is -2.43. The van der Waals surface area contributed by atoms with Gasteiger partial charge in [-0.05, 0) is 55.8 Å². The minimum Gasteiger partial charge on any atom is -0.271 e. The van der Waals surface area contributed by atoms with Crippen LogP contribution < -0.4 is 11.3 Å². The average Bonchev–Trinajstić information content (AvgIpc) is 2.77. The molecule has 0 bridgehead atoms. The number of fused-ring (bicyclic) bond motifs is 1. The summed E-state index contributed by atoms with van der Waals surface area (Å²) in [6.07, 6.45) is 19.0. The summed E-state index contributed by atoms with van der Waals surface area (Å²) in [4.78, 5) is 0. The van der Waals surface area contributed by atoms with Gasteiger partial charge in [-0.2, -0.15) is 0 Å². The molecule has 3 aliphatic carbocycles. The summed E-state index contributed by atoms with van der Waals surface area (Å²) in [5, 5.41) is 0. The second kappa shape index (κ2) is 7.26. The summed E-state index contributed by atoms with van der Waals surface area (Å²) in [6.45, 7) is 0. The normalized spacial score (nSPS) is 38.0. The predicted octanol–water partition coefficient (Wildman–Crippen LogP) is 4.40. The Kier molecular flexibility index (Phi) is 5.39. The molecule has 3 aliphatic rings. The molecule has 0 radical (unpaired) electrons. The van der Waals surface area contributed by atoms with E-state index in [2.05, 4.69) is 5.43 Å². The molecule has 3 rings (SSSR count). The van der Waals surface area contributed by atoms with Gasteiger partial charge < -0.3 is 0 Å². The minimum atomic E-state index is 0.607. The van der Waals surface area contributed by atoms with Gasteiger partial charge in [0.25, 0.3) is 0 Å². The Hall–Kier alpha value is -0.0800. The maximum atomic E-state index is 6.00. The summed E-state index contributed by atoms with van der Waals surface area (Å²) < 4.78 is 0. The number of nitrogens with one attached hydrogen (secondary N) is 1. The molecule has 116 valence electrons. The van der Waals surface area contributed by atoms with Crippen LogP contribution in [-0.4, -0.2) is 6.04 Å². The van der Waals surface area contributed by atoms with E-state index in [0.717, 1.165) is 23.7 Å². The third-order valence-electron chi connectivity index (χ3n) is 6.69. The van der Waals surface area contributed by atoms with Crippen LogP contribution >= 0.6 is 0 Å². The van der Waals surface area contributed by atoms with Crippen LogP contribution in [0.25, 0.3) is 0 Å². The molecule has 4 unspecified atom stereocenters. The van der Waals surface area contributed by atoms with Crippen molar-refractivity contribution in [3.05, 3.63) is 0 Å². The van der Waals surface area contributed by atoms with E-state index in [4.69, 9.17) is 5.84 Å². The van der Waals surface area contributed by atoms with Crippen molar-refractivity contribution in [2.75, 3.05) is 0 Å². The van der Waals surface area contributed by atoms with Crippen LogP contribution in [0.15, 0.2) is 0 Å². The third-order valence-corrected chi connectivity index (χ3v) is 6.69. The maximum Gasteiger partial charge on any atom is 0.0267 e. The van der Waals surface area contributed by atoms with Crippen LogP contribution in [-0.2, 0) is 0 Å². The lowest BCUT2D eigenvalue weighted by Crippen LogP contribution is -2.48. The molecule has 0 aromatic heterocycles. The highest BCUT2D eigenvalue weighted by Crippen LogP contribution is 2.45. The highest BCUT2D eigenvalue weighted by atomic mass is 15.2. The van der Waals surface area contributed by atoms with Gasteiger partial charge in [-0.15, -0.1) is 0 Å². The van der Waals surface area contributed by atoms with Crippen LogP contribution in [0.1, 0.15) is 83.5 Å². The van der Waals surface area contributed by atoms with Gasteiger partial charge in [0.1, 0.15) is 0 Å². The van der Waals surface area contributed by atoms with Crippen molar-refractivity contribution in [2.24, 2.45) is 29.5 Å². The summed E-state index contributed by atoms with van der Waals surface area (Å²) in [7, 11) is 0. The smallest absolute Gasteiger partial charge is 0.0267 e. The van der Waals surface area contributed by atoms with E-state index < -0.39 is 0 Å². The van der Waals surface area contributed by atoms with Crippen molar-refractivity contribution in [1.29, 1.82) is 0 Å². The van der Waals surface area contributed by atoms with Crippen molar-refractivity contribution < 1.29 is 0 Å². The Morgan fingerprint density at radius 3 is 2.00 bits per heavy atom. The Labute approximate surface area is 125 Å². The van der Waals surface area contributed by atoms with Crippen LogP contribution in [0.3, 0.4) is 0 Å². The fourth-order valence-corrected chi connectivity index (χ4v) is 5.56. The molecule has 3 saturated carbocycles. The van der Waals surface area contributed by atoms with Crippen molar-refractivity contribution in [3.8, 4) is 0 Å². The van der Waals surface area contributed by atoms with Gasteiger partial charge in [-0.25, -0.2) is 0 Å². The fraction of sp³-hybridized carbons (Fsp3) is 1.00. The van der Waals surface area contributed by atoms with Crippen LogP contribution in [0.5, 0.6) is 0 Å². The lowest BCUT2D eigenvalue weighted by molar-refractivity contribution is 0.0897. The molecule has 3 fully saturated rings. The van der Waals surface area contributed by atoms with E-state index >= 15 is 0 Å². The molecule has 3 N–H and O–H groups in total. The van der Waals surface area contributed by atoms with E-state index in [9.17, 15) is 0 Å². The minimum absolute atomic E-state index is 0.607. The van der Waals surface area contributed by atoms with E-state index in [1.54, 1.807) is 0 Å². The molecule has 4 atom stereocenters. The molecule has 0 aliphatic heterocycles. The molecule has 0 amide bonds. The number of hydrogen-bond acceptors (Lipinski definition) is 2. The quantitative estimate of drug-likeness (QED) is 0.456. The molecule has 0 saturated heterocycles. The van der Waals surface area contributed by atoms with E-state index in [1.165, 1.54) is 83.5 Å². The fourth-order valence-electron chi connectivity index (χ4n) is 5.56. The third kappa shape index (κ3) is 3.39. The van der Waals surface area contributed by atoms with Crippen LogP contribution in [0.2, 0.25) is 0 Å². The van der Waals surface area contributed by atoms with E-state index in [1.807, 2.05) is 0 Å². The number of hydrogen-bond donors (Lipinski definition) is 2. The first-order valence-electron chi connectivity index (χ1n) is 9.34. The molecular weight excluding hydrogens is 244 g/mol. The van der Waals surface area contributed by atoms with Gasteiger partial charge in [0.2, 0.25) is 0 Å². The van der Waals surface area contributed by atoms with Crippen molar-refractivity contribution in [1.82, 2.24) is 5.43 Å². The summed E-state index contributed by atoms with van der Waals surface area (Å²) in [5.74, 6) is 9.82. The zero-order chi connectivity index (χ0) is 13.8. The first-order chi connectivity index (χ1) is 9.88. The van der Waals surface area contributed by atoms with Crippen LogP contribution in [0, 0.1) is 23.7 Å². The Morgan fingerprint density at radius 1 is 0.650 bits per heavy atom. The number of nitrogens with two attached hydrogens (primary N) is 1. The van der Waals surface area contributed by atoms with Gasteiger partial charge >= 0.3 is 0 Å². The standard InChI is InChI=1S/C18H34N2/c19-20-18(15-8-3-1-2-4-9-15)17-12-11-14-7-5-6-10-16(14)13-17/h14-18,20H,1-13,19H2. The predicted molar refractivity (Wildman–Crippen MR) is 85.1 cm³/mol. The highest BCUT2D eigenvalue weighted by molar-refractivity contribution is 4.90. The number of hydrazine groups is 1. The second-order valence-electron chi connectivity index (χ2n) is 7.82. The Morgan fingerprint density at radius 2 is 1.30 bits per heavy atom. The molecule has 0 heterocycles. The molecule has 0 spiro atoms. The summed E-state index contributed by atoms with van der Waals surface area (Å²) >= 11 is 0. The number of rotatable bonds is 3. The van der Waals surface area contributed by atoms with Crippen LogP contribution in [0.4, 0.5) is 0 Å². The van der Waals surface area contributed by atoms with E-state index in [0.29, 0.717) is 6.04 Å². The highest BCUT2D eigenvalue weighted by Gasteiger charge is 2.37. The van der Waals surface area contributed by atoms with Crippen molar-refractivity contribution >= 4 is 0 Å². The maximum absolute atomic E-state index is 6.00. The van der Waals surface area contributed by atoms with Gasteiger partial charge in [0, 0.05) is 6.04 Å². The summed E-state index contributed by atoms with van der Waals surface area (Å²) in [5.41, 5.74) is 3.26. The van der Waals surface area contributed by atoms with Gasteiger partial charge in [0.15, 0.2) is 0 Å². The SMILES string of the molecule is NNC(C1CCCCCC1)C1CCC2CCCCC2C1. The van der Waals surface area contributed by atoms with E-state index in [-0.39, 0.29) is 0 Å². The first-order valence-corrected chi connectivity index (χ1v) is 9.34. The zero-order valence-corrected chi connectivity index (χ0v) is 13.2. The van der Waals surface area contributed by atoms with Gasteiger partial charge in [-0.3, -0.25) is 11.3 Å². The molecule has 2 heteroatoms. The zero-order valence-electron chi connectivity index (χ0n) is 13.2. The molecule has 20 heavy (non-hydrogen) atoms. The molecular formula is C18H34N2. The van der Waals surface area contributed by atoms with Gasteiger partial charge in [-0.1, -0.05) is 51.4 Å². The summed E-state index contributed by atoms with van der Waals surface area (Å²) in [6, 6.07) is 0.607. The van der Waals surface area contributed by atoms with Crippen molar-refractivity contribution in [2.45, 2.75) is 89.5 Å². The molecule has 0 aromatic rings. The lowest BCUT2D eigenvalue weighted by atomic mass is 9.64. The largest absolute Gasteiger partial charge is 0.271 e. The first kappa shape index (κ1) is 14.8. The topological polar surface area (TPSA) is 38.0 Å². The Balaban J connectivity index is 1.60. The average molecular weight is 278 g/mol. The van der Waals surface area contributed by atoms with Gasteiger partial charge in [0.05, 0.1) is 0 Å². The second-order valence-corrected chi connectivity index (χ2v) is 7.82. The molecule has 0 aromatic carbocycles. The monoisotopic (exact) mass is 278 g/mol. The Bertz CT molecular complexity index is 283.